The normalized spacial score (nSPS) is 14.7. The molecule has 3 heterocycles. The topological polar surface area (TPSA) is 114 Å². The van der Waals surface area contributed by atoms with Gasteiger partial charge in [0.25, 0.3) is 0 Å². The van der Waals surface area contributed by atoms with Crippen molar-refractivity contribution in [3.05, 3.63) is 46.1 Å². The lowest BCUT2D eigenvalue weighted by Crippen LogP contribution is -2.39. The van der Waals surface area contributed by atoms with Crippen LogP contribution in [0.5, 0.6) is 0 Å². The van der Waals surface area contributed by atoms with E-state index in [0.29, 0.717) is 16.5 Å². The molecule has 0 aliphatic carbocycles. The van der Waals surface area contributed by atoms with Gasteiger partial charge in [0.1, 0.15) is 15.7 Å². The summed E-state index contributed by atoms with van der Waals surface area (Å²) in [6.45, 7) is 7.21. The largest absolute Gasteiger partial charge is 0.462 e. The molecule has 1 amide bonds. The zero-order valence-corrected chi connectivity index (χ0v) is 21.0. The molecule has 1 aliphatic heterocycles. The number of aromatic amines is 1. The van der Waals surface area contributed by atoms with E-state index >= 15 is 0 Å². The molecule has 9 nitrogen and oxygen atoms in total. The molecule has 0 atom stereocenters. The zero-order valence-electron chi connectivity index (χ0n) is 20.2. The monoisotopic (exact) mass is 498 g/mol. The Morgan fingerprint density at radius 2 is 1.80 bits per heavy atom. The number of para-hydroxylation sites is 2. The van der Waals surface area contributed by atoms with Crippen molar-refractivity contribution in [2.24, 2.45) is 0 Å². The number of likely N-dealkylation sites (tertiary alicyclic amines) is 1. The second-order valence-corrected chi connectivity index (χ2v) is 9.46. The Balaban J connectivity index is 1.39. The number of fused-ring (bicyclic) bond motifs is 1. The molecule has 1 aromatic carbocycles. The van der Waals surface area contributed by atoms with Crippen LogP contribution in [0.25, 0.3) is 11.0 Å². The highest BCUT2D eigenvalue weighted by atomic mass is 32.1. The second kappa shape index (κ2) is 11.0. The average molecular weight is 499 g/mol. The Morgan fingerprint density at radius 3 is 2.49 bits per heavy atom. The molecule has 2 aromatic heterocycles. The van der Waals surface area contributed by atoms with E-state index in [1.54, 1.807) is 20.8 Å². The van der Waals surface area contributed by atoms with Crippen molar-refractivity contribution in [3.8, 4) is 0 Å². The summed E-state index contributed by atoms with van der Waals surface area (Å²) in [5.74, 6) is -0.0130. The standard InChI is InChI=1S/C25H30N4O5S/c1-4-33-24(31)20-15(3)21(25(32)34-5-2)35-23(20)28-19(30)14-29-12-10-16(11-13-29)22-26-17-8-6-7-9-18(17)27-22/h6-9,16H,4-5,10-14H2,1-3H3,(H,26,27)(H,28,30). The number of benzene rings is 1. The molecule has 1 aliphatic rings. The predicted molar refractivity (Wildman–Crippen MR) is 134 cm³/mol. The number of carbonyl (C=O) groups is 3. The van der Waals surface area contributed by atoms with Gasteiger partial charge in [0.15, 0.2) is 0 Å². The van der Waals surface area contributed by atoms with Crippen molar-refractivity contribution in [2.45, 2.75) is 39.5 Å². The van der Waals surface area contributed by atoms with Gasteiger partial charge in [-0.1, -0.05) is 12.1 Å². The van der Waals surface area contributed by atoms with Gasteiger partial charge in [-0.05, 0) is 64.4 Å². The first-order valence-electron chi connectivity index (χ1n) is 11.9. The fraction of sp³-hybridized carbons (Fsp3) is 0.440. The van der Waals surface area contributed by atoms with Crippen molar-refractivity contribution in [1.82, 2.24) is 14.9 Å². The van der Waals surface area contributed by atoms with E-state index in [4.69, 9.17) is 14.5 Å². The maximum Gasteiger partial charge on any atom is 0.348 e. The molecule has 186 valence electrons. The molecular formula is C25H30N4O5S. The molecule has 0 bridgehead atoms. The molecular weight excluding hydrogens is 468 g/mol. The van der Waals surface area contributed by atoms with Crippen molar-refractivity contribution in [2.75, 3.05) is 38.2 Å². The lowest BCUT2D eigenvalue weighted by atomic mass is 9.96. The van der Waals surface area contributed by atoms with E-state index in [9.17, 15) is 14.4 Å². The molecule has 1 saturated heterocycles. The number of thiophene rings is 1. The Morgan fingerprint density at radius 1 is 1.11 bits per heavy atom. The number of hydrogen-bond acceptors (Lipinski definition) is 8. The minimum atomic E-state index is -0.571. The summed E-state index contributed by atoms with van der Waals surface area (Å²) in [5.41, 5.74) is 2.66. The van der Waals surface area contributed by atoms with Crippen molar-refractivity contribution in [1.29, 1.82) is 0 Å². The first-order valence-corrected chi connectivity index (χ1v) is 12.7. The molecule has 1 fully saturated rings. The number of nitrogens with zero attached hydrogens (tertiary/aromatic N) is 2. The minimum Gasteiger partial charge on any atom is -0.462 e. The van der Waals surface area contributed by atoms with E-state index in [1.807, 2.05) is 24.3 Å². The molecule has 2 N–H and O–H groups in total. The van der Waals surface area contributed by atoms with Gasteiger partial charge in [-0.2, -0.15) is 0 Å². The summed E-state index contributed by atoms with van der Waals surface area (Å²) in [6.07, 6.45) is 1.79. The van der Waals surface area contributed by atoms with Crippen LogP contribution >= 0.6 is 11.3 Å². The Labute approximate surface area is 207 Å². The highest BCUT2D eigenvalue weighted by Gasteiger charge is 2.29. The minimum absolute atomic E-state index is 0.191. The molecule has 4 rings (SSSR count). The van der Waals surface area contributed by atoms with Crippen molar-refractivity contribution < 1.29 is 23.9 Å². The van der Waals surface area contributed by atoms with Crippen molar-refractivity contribution in [3.63, 3.8) is 0 Å². The summed E-state index contributed by atoms with van der Waals surface area (Å²) >= 11 is 1.04. The van der Waals surface area contributed by atoms with Crippen LogP contribution in [0.4, 0.5) is 5.00 Å². The molecule has 0 radical (unpaired) electrons. The number of nitrogens with one attached hydrogen (secondary N) is 2. The molecule has 10 heteroatoms. The lowest BCUT2D eigenvalue weighted by Gasteiger charge is -2.30. The van der Waals surface area contributed by atoms with Gasteiger partial charge < -0.3 is 19.8 Å². The fourth-order valence-corrected chi connectivity index (χ4v) is 5.45. The third-order valence-electron chi connectivity index (χ3n) is 6.09. The van der Waals surface area contributed by atoms with Crippen molar-refractivity contribution >= 4 is 45.2 Å². The number of rotatable bonds is 8. The summed E-state index contributed by atoms with van der Waals surface area (Å²) in [7, 11) is 0. The summed E-state index contributed by atoms with van der Waals surface area (Å²) in [5, 5.41) is 3.14. The number of H-pyrrole nitrogens is 1. The Kier molecular flexibility index (Phi) is 7.82. The maximum absolute atomic E-state index is 12.9. The summed E-state index contributed by atoms with van der Waals surface area (Å²) in [6, 6.07) is 7.99. The van der Waals surface area contributed by atoms with E-state index < -0.39 is 11.9 Å². The van der Waals surface area contributed by atoms with Crippen LogP contribution in [0.1, 0.15) is 64.0 Å². The van der Waals surface area contributed by atoms with E-state index in [0.717, 1.165) is 54.1 Å². The van der Waals surface area contributed by atoms with Gasteiger partial charge in [0.2, 0.25) is 5.91 Å². The number of esters is 2. The number of aromatic nitrogens is 2. The van der Waals surface area contributed by atoms with Crippen LogP contribution in [0.3, 0.4) is 0 Å². The van der Waals surface area contributed by atoms with Gasteiger partial charge in [0, 0.05) is 5.92 Å². The van der Waals surface area contributed by atoms with Gasteiger partial charge in [-0.15, -0.1) is 11.3 Å². The lowest BCUT2D eigenvalue weighted by molar-refractivity contribution is -0.117. The van der Waals surface area contributed by atoms with E-state index in [-0.39, 0.29) is 36.1 Å². The molecule has 3 aromatic rings. The zero-order chi connectivity index (χ0) is 24.9. The summed E-state index contributed by atoms with van der Waals surface area (Å²) < 4.78 is 10.3. The first-order chi connectivity index (χ1) is 16.9. The second-order valence-electron chi connectivity index (χ2n) is 8.44. The highest BCUT2D eigenvalue weighted by Crippen LogP contribution is 2.34. The van der Waals surface area contributed by atoms with Crippen LogP contribution in [-0.2, 0) is 14.3 Å². The third-order valence-corrected chi connectivity index (χ3v) is 7.28. The van der Waals surface area contributed by atoms with Gasteiger partial charge in [-0.3, -0.25) is 9.69 Å². The number of imidazole rings is 1. The smallest absolute Gasteiger partial charge is 0.348 e. The number of carbonyl (C=O) groups excluding carboxylic acids is 3. The molecule has 0 spiro atoms. The van der Waals surface area contributed by atoms with Crippen LogP contribution < -0.4 is 5.32 Å². The third kappa shape index (κ3) is 5.54. The molecule has 0 unspecified atom stereocenters. The number of anilines is 1. The number of hydrogen-bond donors (Lipinski definition) is 2. The number of piperidine rings is 1. The highest BCUT2D eigenvalue weighted by molar-refractivity contribution is 7.18. The van der Waals surface area contributed by atoms with Gasteiger partial charge in [0.05, 0.1) is 36.4 Å². The molecule has 35 heavy (non-hydrogen) atoms. The summed E-state index contributed by atoms with van der Waals surface area (Å²) in [4.78, 5) is 48.3. The quantitative estimate of drug-likeness (QED) is 0.450. The SMILES string of the molecule is CCOC(=O)c1sc(NC(=O)CN2CCC(c3nc4ccccc4[nH]3)CC2)c(C(=O)OCC)c1C. The maximum atomic E-state index is 12.9. The number of ether oxygens (including phenoxy) is 2. The number of amides is 1. The van der Waals surface area contributed by atoms with Crippen LogP contribution in [0.15, 0.2) is 24.3 Å². The van der Waals surface area contributed by atoms with Crippen LogP contribution in [-0.4, -0.2) is 65.6 Å². The van der Waals surface area contributed by atoms with E-state index in [2.05, 4.69) is 15.2 Å². The Hall–Kier alpha value is -3.24. The van der Waals surface area contributed by atoms with Gasteiger partial charge >= 0.3 is 11.9 Å². The van der Waals surface area contributed by atoms with Gasteiger partial charge in [-0.25, -0.2) is 14.6 Å². The Bertz CT molecular complexity index is 1190. The van der Waals surface area contributed by atoms with Crippen LogP contribution in [0, 0.1) is 6.92 Å². The van der Waals surface area contributed by atoms with E-state index in [1.165, 1.54) is 0 Å². The fourth-order valence-electron chi connectivity index (χ4n) is 4.34. The molecule has 0 saturated carbocycles. The van der Waals surface area contributed by atoms with Crippen LogP contribution in [0.2, 0.25) is 0 Å². The predicted octanol–water partition coefficient (Wildman–Crippen LogP) is 4.10. The first kappa shape index (κ1) is 24.9. The average Bonchev–Trinajstić information content (AvgIpc) is 3.41.